The van der Waals surface area contributed by atoms with Crippen molar-refractivity contribution in [3.05, 3.63) is 53.1 Å². The van der Waals surface area contributed by atoms with Crippen molar-refractivity contribution in [1.82, 2.24) is 0 Å². The van der Waals surface area contributed by atoms with Crippen molar-refractivity contribution in [3.8, 4) is 16.9 Å². The van der Waals surface area contributed by atoms with Crippen LogP contribution in [0.4, 0.5) is 17.6 Å². The number of rotatable bonds is 1. The van der Waals surface area contributed by atoms with Crippen molar-refractivity contribution >= 4 is 13.5 Å². The maximum atomic E-state index is 13.5. The van der Waals surface area contributed by atoms with E-state index in [1.54, 1.807) is 19.1 Å². The molecule has 0 bridgehead atoms. The van der Waals surface area contributed by atoms with Crippen LogP contribution < -0.4 is 0 Å². The third-order valence-electron chi connectivity index (χ3n) is 2.58. The first-order chi connectivity index (χ1) is 8.43. The number of benzene rings is 2. The summed E-state index contributed by atoms with van der Waals surface area (Å²) in [4.78, 5) is 0. The molecule has 2 rings (SSSR count). The van der Waals surface area contributed by atoms with Crippen LogP contribution in [0.15, 0.2) is 24.3 Å². The lowest BCUT2D eigenvalue weighted by molar-refractivity contribution is 0.358. The molecule has 0 atom stereocenters. The van der Waals surface area contributed by atoms with Gasteiger partial charge in [-0.25, -0.2) is 8.78 Å². The maximum Gasteiger partial charge on any atom is 0.204 e. The SMILES string of the molecule is Cc1ccc(-c2c(F)c(F)c(O)c(F)c2F)cc1.S. The number of halogens is 4. The molecule has 102 valence electrons. The number of phenolic OH excluding ortho intramolecular Hbond substituents is 1. The molecule has 0 radical (unpaired) electrons. The smallest absolute Gasteiger partial charge is 0.204 e. The Morgan fingerprint density at radius 3 is 1.63 bits per heavy atom. The second-order valence-corrected chi connectivity index (χ2v) is 3.85. The van der Waals surface area contributed by atoms with Crippen LogP contribution in [-0.4, -0.2) is 5.11 Å². The largest absolute Gasteiger partial charge is 0.503 e. The number of aryl methyl sites for hydroxylation is 1. The highest BCUT2D eigenvalue weighted by molar-refractivity contribution is 7.59. The van der Waals surface area contributed by atoms with Crippen LogP contribution in [0.25, 0.3) is 11.1 Å². The van der Waals surface area contributed by atoms with Gasteiger partial charge in [-0.2, -0.15) is 22.3 Å². The highest BCUT2D eigenvalue weighted by Gasteiger charge is 2.25. The predicted octanol–water partition coefficient (Wildman–Crippen LogP) is 4.04. The summed E-state index contributed by atoms with van der Waals surface area (Å²) < 4.78 is 53.4. The molecular formula is C13H10F4OS. The van der Waals surface area contributed by atoms with Gasteiger partial charge in [0.15, 0.2) is 17.4 Å². The quantitative estimate of drug-likeness (QED) is 0.621. The lowest BCUT2D eigenvalue weighted by atomic mass is 10.0. The van der Waals surface area contributed by atoms with Crippen LogP contribution in [0.5, 0.6) is 5.75 Å². The Morgan fingerprint density at radius 1 is 0.789 bits per heavy atom. The van der Waals surface area contributed by atoms with E-state index in [4.69, 9.17) is 5.11 Å². The summed E-state index contributed by atoms with van der Waals surface area (Å²) in [6.07, 6.45) is 0. The van der Waals surface area contributed by atoms with E-state index in [2.05, 4.69) is 0 Å². The van der Waals surface area contributed by atoms with Gasteiger partial charge in [0.2, 0.25) is 11.6 Å². The van der Waals surface area contributed by atoms with Crippen molar-refractivity contribution in [2.75, 3.05) is 0 Å². The Bertz CT molecular complexity index is 582. The Balaban J connectivity index is 0.00000180. The van der Waals surface area contributed by atoms with Crippen LogP contribution in [-0.2, 0) is 0 Å². The van der Waals surface area contributed by atoms with Crippen molar-refractivity contribution in [1.29, 1.82) is 0 Å². The normalized spacial score (nSPS) is 10.2. The van der Waals surface area contributed by atoms with Crippen molar-refractivity contribution in [3.63, 3.8) is 0 Å². The standard InChI is InChI=1S/C13H8F4O.H2S/c1-6-2-4-7(5-3-6)8-9(14)11(16)13(18)12(17)10(8)15;/h2-5,18H,1H3;1H2. The van der Waals surface area contributed by atoms with E-state index in [0.717, 1.165) is 5.56 Å². The molecule has 0 saturated carbocycles. The Morgan fingerprint density at radius 2 is 1.21 bits per heavy atom. The molecule has 2 aromatic carbocycles. The Labute approximate surface area is 114 Å². The lowest BCUT2D eigenvalue weighted by Crippen LogP contribution is -1.99. The molecule has 0 aliphatic carbocycles. The first kappa shape index (κ1) is 15.4. The molecule has 0 spiro atoms. The number of hydrogen-bond acceptors (Lipinski definition) is 1. The predicted molar refractivity (Wildman–Crippen MR) is 68.5 cm³/mol. The molecule has 0 amide bonds. The zero-order valence-corrected chi connectivity index (χ0v) is 10.8. The third-order valence-corrected chi connectivity index (χ3v) is 2.58. The minimum absolute atomic E-state index is 0. The molecule has 0 fully saturated rings. The van der Waals surface area contributed by atoms with Gasteiger partial charge in [0.25, 0.3) is 0 Å². The summed E-state index contributed by atoms with van der Waals surface area (Å²) >= 11 is 0. The van der Waals surface area contributed by atoms with E-state index in [0.29, 0.717) is 0 Å². The van der Waals surface area contributed by atoms with E-state index in [9.17, 15) is 17.6 Å². The maximum absolute atomic E-state index is 13.5. The molecule has 6 heteroatoms. The summed E-state index contributed by atoms with van der Waals surface area (Å²) in [6.45, 7) is 1.76. The molecule has 1 N–H and O–H groups in total. The fourth-order valence-electron chi connectivity index (χ4n) is 1.59. The van der Waals surface area contributed by atoms with Gasteiger partial charge in [-0.05, 0) is 12.5 Å². The van der Waals surface area contributed by atoms with Crippen LogP contribution in [0.2, 0.25) is 0 Å². The third kappa shape index (κ3) is 2.53. The Hall–Kier alpha value is -1.69. The summed E-state index contributed by atoms with van der Waals surface area (Å²) in [5, 5.41) is 8.85. The molecule has 2 aromatic rings. The summed E-state index contributed by atoms with van der Waals surface area (Å²) in [5.74, 6) is -8.49. The van der Waals surface area contributed by atoms with E-state index >= 15 is 0 Å². The second kappa shape index (κ2) is 5.52. The zero-order valence-electron chi connectivity index (χ0n) is 9.77. The zero-order chi connectivity index (χ0) is 13.4. The molecule has 0 heterocycles. The van der Waals surface area contributed by atoms with Crippen molar-refractivity contribution in [2.45, 2.75) is 6.92 Å². The van der Waals surface area contributed by atoms with Gasteiger partial charge in [-0.15, -0.1) is 0 Å². The van der Waals surface area contributed by atoms with Crippen LogP contribution in [0.3, 0.4) is 0 Å². The van der Waals surface area contributed by atoms with Crippen molar-refractivity contribution < 1.29 is 22.7 Å². The van der Waals surface area contributed by atoms with E-state index in [-0.39, 0.29) is 19.1 Å². The minimum atomic E-state index is -1.80. The number of aromatic hydroxyl groups is 1. The molecule has 0 aromatic heterocycles. The van der Waals surface area contributed by atoms with E-state index in [1.807, 2.05) is 0 Å². The van der Waals surface area contributed by atoms with E-state index < -0.39 is 34.6 Å². The van der Waals surface area contributed by atoms with Gasteiger partial charge in [0.1, 0.15) is 0 Å². The van der Waals surface area contributed by atoms with Gasteiger partial charge < -0.3 is 5.11 Å². The highest BCUT2D eigenvalue weighted by atomic mass is 32.1. The first-order valence-electron chi connectivity index (χ1n) is 5.05. The van der Waals surface area contributed by atoms with Gasteiger partial charge in [0.05, 0.1) is 5.56 Å². The first-order valence-corrected chi connectivity index (χ1v) is 5.05. The number of phenols is 1. The van der Waals surface area contributed by atoms with Gasteiger partial charge in [-0.1, -0.05) is 29.8 Å². The molecule has 0 aliphatic rings. The van der Waals surface area contributed by atoms with Gasteiger partial charge >= 0.3 is 0 Å². The van der Waals surface area contributed by atoms with Gasteiger partial charge in [0, 0.05) is 0 Å². The molecular weight excluding hydrogens is 280 g/mol. The highest BCUT2D eigenvalue weighted by Crippen LogP contribution is 2.34. The average molecular weight is 290 g/mol. The molecule has 0 unspecified atom stereocenters. The van der Waals surface area contributed by atoms with Crippen molar-refractivity contribution in [2.24, 2.45) is 0 Å². The minimum Gasteiger partial charge on any atom is -0.503 e. The van der Waals surface area contributed by atoms with Crippen LogP contribution >= 0.6 is 13.5 Å². The van der Waals surface area contributed by atoms with Gasteiger partial charge in [-0.3, -0.25) is 0 Å². The second-order valence-electron chi connectivity index (χ2n) is 3.85. The van der Waals surface area contributed by atoms with Crippen LogP contribution in [0.1, 0.15) is 5.56 Å². The lowest BCUT2D eigenvalue weighted by Gasteiger charge is -2.09. The molecule has 1 nitrogen and oxygen atoms in total. The summed E-state index contributed by atoms with van der Waals surface area (Å²) in [7, 11) is 0. The fraction of sp³-hybridized carbons (Fsp3) is 0.0769. The summed E-state index contributed by atoms with van der Waals surface area (Å²) in [6, 6.07) is 5.78. The fourth-order valence-corrected chi connectivity index (χ4v) is 1.59. The molecule has 0 aliphatic heterocycles. The molecule has 0 saturated heterocycles. The topological polar surface area (TPSA) is 20.2 Å². The molecule has 19 heavy (non-hydrogen) atoms. The summed E-state index contributed by atoms with van der Waals surface area (Å²) in [5.41, 5.74) is -0.00418. The average Bonchev–Trinajstić information content (AvgIpc) is 2.36. The monoisotopic (exact) mass is 290 g/mol. The Kier molecular flexibility index (Phi) is 4.47. The van der Waals surface area contributed by atoms with Crippen LogP contribution in [0, 0.1) is 30.2 Å². The number of hydrogen-bond donors (Lipinski definition) is 1. The van der Waals surface area contributed by atoms with E-state index in [1.165, 1.54) is 12.1 Å².